The summed E-state index contributed by atoms with van der Waals surface area (Å²) in [7, 11) is 0. The van der Waals surface area contributed by atoms with E-state index in [1.54, 1.807) is 0 Å². The van der Waals surface area contributed by atoms with Gasteiger partial charge in [-0.2, -0.15) is 0 Å². The molecule has 15 heavy (non-hydrogen) atoms. The number of aliphatic hydroxyl groups excluding tert-OH is 1. The Kier molecular flexibility index (Phi) is 4.14. The Morgan fingerprint density at radius 3 is 3.00 bits per heavy atom. The average molecular weight is 206 g/mol. The highest BCUT2D eigenvalue weighted by atomic mass is 16.5. The minimum absolute atomic E-state index is 0.0801. The second-order valence-corrected chi connectivity index (χ2v) is 4.06. The molecule has 0 saturated heterocycles. The Bertz CT molecular complexity index is 309. The highest BCUT2D eigenvalue weighted by Crippen LogP contribution is 2.30. The molecule has 3 atom stereocenters. The van der Waals surface area contributed by atoms with Crippen LogP contribution < -0.4 is 0 Å². The Morgan fingerprint density at radius 2 is 2.47 bits per heavy atom. The van der Waals surface area contributed by atoms with Gasteiger partial charge in [0.25, 0.3) is 0 Å². The smallest absolute Gasteiger partial charge is 0.108 e. The van der Waals surface area contributed by atoms with Gasteiger partial charge in [0.1, 0.15) is 12.7 Å². The van der Waals surface area contributed by atoms with E-state index in [2.05, 4.69) is 18.6 Å². The van der Waals surface area contributed by atoms with E-state index in [1.807, 2.05) is 13.8 Å². The number of aliphatic hydroxyl groups is 1. The Hall–Kier alpha value is -1.04. The molecule has 0 radical (unpaired) electrons. The van der Waals surface area contributed by atoms with Crippen LogP contribution in [0.3, 0.4) is 0 Å². The summed E-state index contributed by atoms with van der Waals surface area (Å²) in [5.74, 6) is 2.50. The molecule has 3 unspecified atom stereocenters. The molecule has 1 N–H and O–H groups in total. The van der Waals surface area contributed by atoms with Gasteiger partial charge >= 0.3 is 0 Å². The topological polar surface area (TPSA) is 29.5 Å². The van der Waals surface area contributed by atoms with Crippen molar-refractivity contribution in [1.29, 1.82) is 0 Å². The van der Waals surface area contributed by atoms with Gasteiger partial charge in [0.05, 0.1) is 6.10 Å². The molecule has 0 aromatic carbocycles. The van der Waals surface area contributed by atoms with E-state index >= 15 is 0 Å². The van der Waals surface area contributed by atoms with Crippen molar-refractivity contribution in [2.24, 2.45) is 5.92 Å². The fraction of sp³-hybridized carbons (Fsp3) is 0.538. The van der Waals surface area contributed by atoms with Gasteiger partial charge < -0.3 is 9.84 Å². The summed E-state index contributed by atoms with van der Waals surface area (Å²) in [4.78, 5) is 0. The van der Waals surface area contributed by atoms with Crippen LogP contribution >= 0.6 is 0 Å². The summed E-state index contributed by atoms with van der Waals surface area (Å²) >= 11 is 0. The lowest BCUT2D eigenvalue weighted by atomic mass is 9.81. The standard InChI is InChI=1S/C13H18O2/c1-5-8-15-13-10(4)6-7-11(9(2)3)12(13)14/h1,6,11-14H,2,7-8H2,3-4H3. The van der Waals surface area contributed by atoms with E-state index < -0.39 is 6.10 Å². The van der Waals surface area contributed by atoms with E-state index in [9.17, 15) is 5.11 Å². The molecule has 0 heterocycles. The van der Waals surface area contributed by atoms with Gasteiger partial charge in [-0.25, -0.2) is 0 Å². The molecule has 0 aliphatic heterocycles. The lowest BCUT2D eigenvalue weighted by Crippen LogP contribution is -2.39. The van der Waals surface area contributed by atoms with E-state index in [4.69, 9.17) is 11.2 Å². The molecule has 1 aliphatic carbocycles. The van der Waals surface area contributed by atoms with Crippen molar-refractivity contribution in [3.05, 3.63) is 23.8 Å². The SMILES string of the molecule is C#CCOC1C(C)=CCC(C(=C)C)C1O. The molecule has 2 heteroatoms. The fourth-order valence-corrected chi connectivity index (χ4v) is 1.91. The first kappa shape index (κ1) is 12.0. The van der Waals surface area contributed by atoms with Gasteiger partial charge in [0.2, 0.25) is 0 Å². The van der Waals surface area contributed by atoms with Crippen LogP contribution in [0.1, 0.15) is 20.3 Å². The lowest BCUT2D eigenvalue weighted by Gasteiger charge is -2.34. The van der Waals surface area contributed by atoms with Crippen molar-refractivity contribution in [3.8, 4) is 12.3 Å². The first-order valence-corrected chi connectivity index (χ1v) is 5.13. The molecule has 0 amide bonds. The van der Waals surface area contributed by atoms with Crippen LogP contribution in [0.4, 0.5) is 0 Å². The third-order valence-electron chi connectivity index (χ3n) is 2.84. The number of terminal acetylenes is 1. The zero-order chi connectivity index (χ0) is 11.4. The molecule has 1 rings (SSSR count). The first-order chi connectivity index (χ1) is 7.07. The lowest BCUT2D eigenvalue weighted by molar-refractivity contribution is -0.0300. The van der Waals surface area contributed by atoms with Crippen molar-refractivity contribution in [3.63, 3.8) is 0 Å². The Morgan fingerprint density at radius 1 is 1.80 bits per heavy atom. The number of ether oxygens (including phenoxy) is 1. The van der Waals surface area contributed by atoms with Crippen LogP contribution in [-0.4, -0.2) is 23.9 Å². The molecule has 0 fully saturated rings. The second kappa shape index (κ2) is 5.16. The molecule has 0 bridgehead atoms. The maximum absolute atomic E-state index is 10.1. The summed E-state index contributed by atoms with van der Waals surface area (Å²) in [6, 6.07) is 0. The van der Waals surface area contributed by atoms with Crippen LogP contribution in [-0.2, 0) is 4.74 Å². The zero-order valence-electron chi connectivity index (χ0n) is 9.36. The van der Waals surface area contributed by atoms with Gasteiger partial charge in [-0.3, -0.25) is 0 Å². The van der Waals surface area contributed by atoms with Crippen molar-refractivity contribution in [1.82, 2.24) is 0 Å². The van der Waals surface area contributed by atoms with Gasteiger partial charge in [-0.05, 0) is 25.8 Å². The van der Waals surface area contributed by atoms with Crippen molar-refractivity contribution >= 4 is 0 Å². The molecule has 0 saturated carbocycles. The third-order valence-corrected chi connectivity index (χ3v) is 2.84. The van der Waals surface area contributed by atoms with Gasteiger partial charge in [-0.1, -0.05) is 24.1 Å². The summed E-state index contributed by atoms with van der Waals surface area (Å²) in [6.07, 6.45) is 7.25. The minimum Gasteiger partial charge on any atom is -0.389 e. The Balaban J connectivity index is 2.76. The van der Waals surface area contributed by atoms with Crippen LogP contribution in [0.2, 0.25) is 0 Å². The predicted octanol–water partition coefficient (Wildman–Crippen LogP) is 1.91. The van der Waals surface area contributed by atoms with Crippen molar-refractivity contribution in [2.75, 3.05) is 6.61 Å². The number of allylic oxidation sites excluding steroid dienone is 1. The zero-order valence-corrected chi connectivity index (χ0v) is 9.36. The monoisotopic (exact) mass is 206 g/mol. The van der Waals surface area contributed by atoms with E-state index in [0.717, 1.165) is 17.6 Å². The summed E-state index contributed by atoms with van der Waals surface area (Å²) in [6.45, 7) is 8.00. The summed E-state index contributed by atoms with van der Waals surface area (Å²) < 4.78 is 5.44. The molecule has 0 aromatic rings. The predicted molar refractivity (Wildman–Crippen MR) is 61.3 cm³/mol. The second-order valence-electron chi connectivity index (χ2n) is 4.06. The third kappa shape index (κ3) is 2.71. The molecular formula is C13H18O2. The molecule has 2 nitrogen and oxygen atoms in total. The van der Waals surface area contributed by atoms with Gasteiger partial charge in [0.15, 0.2) is 0 Å². The first-order valence-electron chi connectivity index (χ1n) is 5.13. The molecule has 82 valence electrons. The van der Waals surface area contributed by atoms with E-state index in [-0.39, 0.29) is 18.6 Å². The van der Waals surface area contributed by atoms with Crippen LogP contribution in [0.15, 0.2) is 23.8 Å². The average Bonchev–Trinajstić information content (AvgIpc) is 2.17. The molecule has 0 spiro atoms. The number of hydrogen-bond donors (Lipinski definition) is 1. The quantitative estimate of drug-likeness (QED) is 0.564. The highest BCUT2D eigenvalue weighted by molar-refractivity contribution is 5.19. The minimum atomic E-state index is -0.527. The molecule has 1 aliphatic rings. The highest BCUT2D eigenvalue weighted by Gasteiger charge is 2.32. The van der Waals surface area contributed by atoms with Crippen molar-refractivity contribution in [2.45, 2.75) is 32.5 Å². The van der Waals surface area contributed by atoms with Crippen LogP contribution in [0.25, 0.3) is 0 Å². The fourth-order valence-electron chi connectivity index (χ4n) is 1.91. The van der Waals surface area contributed by atoms with Crippen LogP contribution in [0.5, 0.6) is 0 Å². The van der Waals surface area contributed by atoms with Crippen LogP contribution in [0, 0.1) is 18.3 Å². The maximum Gasteiger partial charge on any atom is 0.108 e. The van der Waals surface area contributed by atoms with Gasteiger partial charge in [0, 0.05) is 5.92 Å². The van der Waals surface area contributed by atoms with E-state index in [0.29, 0.717) is 0 Å². The molecule has 0 aromatic heterocycles. The molecular weight excluding hydrogens is 188 g/mol. The van der Waals surface area contributed by atoms with Gasteiger partial charge in [-0.15, -0.1) is 6.42 Å². The number of rotatable bonds is 3. The normalized spacial score (nSPS) is 30.5. The summed E-state index contributed by atoms with van der Waals surface area (Å²) in [5, 5.41) is 10.1. The van der Waals surface area contributed by atoms with Crippen molar-refractivity contribution < 1.29 is 9.84 Å². The maximum atomic E-state index is 10.1. The van der Waals surface area contributed by atoms with E-state index in [1.165, 1.54) is 0 Å². The summed E-state index contributed by atoms with van der Waals surface area (Å²) in [5.41, 5.74) is 2.04. The number of hydrogen-bond acceptors (Lipinski definition) is 2. The Labute approximate surface area is 91.6 Å². The largest absolute Gasteiger partial charge is 0.389 e.